The molecule has 1 aromatic carbocycles. The minimum absolute atomic E-state index is 0.0135. The van der Waals surface area contributed by atoms with Gasteiger partial charge in [0, 0.05) is 23.7 Å². The molecule has 4 rings (SSSR count). The van der Waals surface area contributed by atoms with Crippen LogP contribution in [0.3, 0.4) is 0 Å². The molecule has 7 heteroatoms. The predicted octanol–water partition coefficient (Wildman–Crippen LogP) is 4.39. The van der Waals surface area contributed by atoms with Gasteiger partial charge >= 0.3 is 11.8 Å². The lowest BCUT2D eigenvalue weighted by Gasteiger charge is -2.43. The molecule has 3 N–H and O–H groups in total. The average Bonchev–Trinajstić information content (AvgIpc) is 3.04. The van der Waals surface area contributed by atoms with Gasteiger partial charge in [0.2, 0.25) is 0 Å². The number of hydrogen-bond donors (Lipinski definition) is 3. The summed E-state index contributed by atoms with van der Waals surface area (Å²) in [5.41, 5.74) is 0.922. The molecule has 150 valence electrons. The Balaban J connectivity index is 1.40. The highest BCUT2D eigenvalue weighted by atomic mass is 19.2. The van der Waals surface area contributed by atoms with Crippen LogP contribution < -0.4 is 10.6 Å². The van der Waals surface area contributed by atoms with Crippen LogP contribution in [0.2, 0.25) is 0 Å². The van der Waals surface area contributed by atoms with E-state index in [-0.39, 0.29) is 11.7 Å². The maximum Gasteiger partial charge on any atom is 0.313 e. The van der Waals surface area contributed by atoms with E-state index >= 15 is 0 Å². The van der Waals surface area contributed by atoms with E-state index in [1.54, 1.807) is 0 Å². The third-order valence-electron chi connectivity index (χ3n) is 6.37. The number of anilines is 1. The molecular formula is C21H25F2N3O2. The summed E-state index contributed by atoms with van der Waals surface area (Å²) in [6.07, 6.45) is 11.7. The summed E-state index contributed by atoms with van der Waals surface area (Å²) in [4.78, 5) is 27.5. The number of fused-ring (bicyclic) bond motifs is 1. The topological polar surface area (TPSA) is 74.0 Å². The molecule has 0 aliphatic heterocycles. The third-order valence-corrected chi connectivity index (χ3v) is 6.37. The Morgan fingerprint density at radius 2 is 1.71 bits per heavy atom. The van der Waals surface area contributed by atoms with Crippen LogP contribution in [0, 0.1) is 17.0 Å². The molecule has 1 atom stereocenters. The summed E-state index contributed by atoms with van der Waals surface area (Å²) in [6, 6.07) is 2.04. The quantitative estimate of drug-likeness (QED) is 0.666. The van der Waals surface area contributed by atoms with Crippen LogP contribution in [0.1, 0.15) is 57.8 Å². The van der Waals surface area contributed by atoms with Gasteiger partial charge in [0.05, 0.1) is 11.2 Å². The molecule has 0 saturated heterocycles. The fourth-order valence-electron chi connectivity index (χ4n) is 4.98. The van der Waals surface area contributed by atoms with Crippen LogP contribution in [-0.2, 0) is 9.59 Å². The molecule has 2 aliphatic carbocycles. The minimum Gasteiger partial charge on any atom is -0.359 e. The van der Waals surface area contributed by atoms with Gasteiger partial charge in [-0.05, 0) is 43.6 Å². The maximum absolute atomic E-state index is 13.5. The molecule has 0 unspecified atom stereocenters. The summed E-state index contributed by atoms with van der Waals surface area (Å²) >= 11 is 0. The van der Waals surface area contributed by atoms with E-state index in [4.69, 9.17) is 0 Å². The zero-order chi connectivity index (χ0) is 19.7. The van der Waals surface area contributed by atoms with Gasteiger partial charge in [0.15, 0.2) is 11.6 Å². The number of hydrogen-bond acceptors (Lipinski definition) is 2. The summed E-state index contributed by atoms with van der Waals surface area (Å²) in [6.45, 7) is 0. The molecule has 2 saturated carbocycles. The molecular weight excluding hydrogens is 364 g/mol. The van der Waals surface area contributed by atoms with Crippen LogP contribution in [0.15, 0.2) is 18.3 Å². The number of aromatic nitrogens is 1. The van der Waals surface area contributed by atoms with Crippen LogP contribution in [0.25, 0.3) is 10.9 Å². The van der Waals surface area contributed by atoms with Crippen molar-refractivity contribution in [1.82, 2.24) is 10.3 Å². The fourth-order valence-corrected chi connectivity index (χ4v) is 4.98. The maximum atomic E-state index is 13.5. The summed E-state index contributed by atoms with van der Waals surface area (Å²) < 4.78 is 26.8. The van der Waals surface area contributed by atoms with Crippen molar-refractivity contribution in [3.8, 4) is 0 Å². The van der Waals surface area contributed by atoms with Gasteiger partial charge in [0.1, 0.15) is 0 Å². The summed E-state index contributed by atoms with van der Waals surface area (Å²) in [5, 5.41) is 5.70. The van der Waals surface area contributed by atoms with Crippen molar-refractivity contribution in [2.24, 2.45) is 5.41 Å². The van der Waals surface area contributed by atoms with Gasteiger partial charge in [-0.25, -0.2) is 8.78 Å². The second-order valence-corrected chi connectivity index (χ2v) is 8.30. The summed E-state index contributed by atoms with van der Waals surface area (Å²) in [7, 11) is 0. The first-order valence-electron chi connectivity index (χ1n) is 10.0. The smallest absolute Gasteiger partial charge is 0.313 e. The molecule has 28 heavy (non-hydrogen) atoms. The highest BCUT2D eigenvalue weighted by molar-refractivity contribution is 6.40. The van der Waals surface area contributed by atoms with Gasteiger partial charge in [-0.3, -0.25) is 9.59 Å². The number of H-pyrrole nitrogens is 1. The molecule has 1 aromatic heterocycles. The van der Waals surface area contributed by atoms with Gasteiger partial charge < -0.3 is 15.6 Å². The monoisotopic (exact) mass is 389 g/mol. The van der Waals surface area contributed by atoms with Crippen molar-refractivity contribution < 1.29 is 18.4 Å². The van der Waals surface area contributed by atoms with E-state index in [9.17, 15) is 18.4 Å². The fraction of sp³-hybridized carbons (Fsp3) is 0.524. The van der Waals surface area contributed by atoms with Crippen LogP contribution in [-0.4, -0.2) is 22.8 Å². The second kappa shape index (κ2) is 7.53. The van der Waals surface area contributed by atoms with Gasteiger partial charge in [-0.15, -0.1) is 0 Å². The van der Waals surface area contributed by atoms with Crippen molar-refractivity contribution in [3.05, 3.63) is 30.0 Å². The van der Waals surface area contributed by atoms with E-state index in [1.807, 2.05) is 0 Å². The van der Waals surface area contributed by atoms with Gasteiger partial charge in [-0.1, -0.05) is 25.7 Å². The lowest BCUT2D eigenvalue weighted by atomic mass is 9.64. The Morgan fingerprint density at radius 3 is 2.50 bits per heavy atom. The molecule has 1 spiro atoms. The average molecular weight is 389 g/mol. The van der Waals surface area contributed by atoms with Crippen molar-refractivity contribution in [2.45, 2.75) is 63.8 Å². The molecule has 0 bridgehead atoms. The number of aromatic amines is 1. The number of halogens is 2. The molecule has 2 aromatic rings. The lowest BCUT2D eigenvalue weighted by Crippen LogP contribution is -2.46. The molecule has 1 heterocycles. The van der Waals surface area contributed by atoms with E-state index in [1.165, 1.54) is 44.7 Å². The van der Waals surface area contributed by atoms with E-state index in [0.717, 1.165) is 31.4 Å². The van der Waals surface area contributed by atoms with E-state index in [0.29, 0.717) is 16.3 Å². The van der Waals surface area contributed by atoms with E-state index in [2.05, 4.69) is 15.6 Å². The van der Waals surface area contributed by atoms with E-state index < -0.39 is 23.4 Å². The second-order valence-electron chi connectivity index (χ2n) is 8.30. The van der Waals surface area contributed by atoms with Crippen molar-refractivity contribution in [1.29, 1.82) is 0 Å². The molecule has 2 amide bonds. The van der Waals surface area contributed by atoms with Crippen molar-refractivity contribution >= 4 is 28.4 Å². The number of carbonyl (C=O) groups is 2. The first kappa shape index (κ1) is 18.9. The van der Waals surface area contributed by atoms with Gasteiger partial charge in [-0.2, -0.15) is 0 Å². The third kappa shape index (κ3) is 3.75. The molecule has 5 nitrogen and oxygen atoms in total. The number of carbonyl (C=O) groups excluding carboxylic acids is 2. The van der Waals surface area contributed by atoms with Crippen LogP contribution in [0.4, 0.5) is 14.5 Å². The Hall–Kier alpha value is -2.44. The largest absolute Gasteiger partial charge is 0.359 e. The number of benzene rings is 1. The SMILES string of the molecule is O=C(Nc1c[nH]c2cc(F)c(F)cc12)C(=O)N[C@H]1CCCC2(CCCCC2)C1. The minimum atomic E-state index is -1.01. The number of rotatable bonds is 2. The Labute approximate surface area is 162 Å². The Morgan fingerprint density at radius 1 is 1.00 bits per heavy atom. The first-order valence-corrected chi connectivity index (χ1v) is 10.0. The number of nitrogens with one attached hydrogen (secondary N) is 3. The number of amides is 2. The van der Waals surface area contributed by atoms with Gasteiger partial charge in [0.25, 0.3) is 0 Å². The molecule has 2 fully saturated rings. The standard InChI is InChI=1S/C21H25F2N3O2/c22-15-9-14-17(10-16(15)23)24-12-18(14)26-20(28)19(27)25-13-5-4-8-21(11-13)6-2-1-3-7-21/h9-10,12-13,24H,1-8,11H2,(H,25,27)(H,26,28)/t13-/m0/s1. The summed E-state index contributed by atoms with van der Waals surface area (Å²) in [5.74, 6) is -3.46. The highest BCUT2D eigenvalue weighted by Crippen LogP contribution is 2.47. The lowest BCUT2D eigenvalue weighted by molar-refractivity contribution is -0.137. The van der Waals surface area contributed by atoms with Crippen LogP contribution in [0.5, 0.6) is 0 Å². The molecule has 2 aliphatic rings. The Kier molecular flexibility index (Phi) is 5.08. The zero-order valence-corrected chi connectivity index (χ0v) is 15.7. The predicted molar refractivity (Wildman–Crippen MR) is 103 cm³/mol. The van der Waals surface area contributed by atoms with Crippen LogP contribution >= 0.6 is 0 Å². The first-order chi connectivity index (χ1) is 13.5. The highest BCUT2D eigenvalue weighted by Gasteiger charge is 2.38. The Bertz CT molecular complexity index is 897. The van der Waals surface area contributed by atoms with Crippen molar-refractivity contribution in [2.75, 3.05) is 5.32 Å². The normalized spacial score (nSPS) is 21.6. The zero-order valence-electron chi connectivity index (χ0n) is 15.7. The molecule has 0 radical (unpaired) electrons. The van der Waals surface area contributed by atoms with Crippen molar-refractivity contribution in [3.63, 3.8) is 0 Å².